The molecule has 100 valence electrons. The van der Waals surface area contributed by atoms with Crippen LogP contribution in [0.1, 0.15) is 43.5 Å². The van der Waals surface area contributed by atoms with Crippen LogP contribution < -0.4 is 5.32 Å². The number of aliphatic hydroxyl groups excluding tert-OH is 1. The lowest BCUT2D eigenvalue weighted by Crippen LogP contribution is -2.23. The molecule has 0 bridgehead atoms. The number of benzene rings is 1. The van der Waals surface area contributed by atoms with Crippen LogP contribution in [-0.4, -0.2) is 24.7 Å². The van der Waals surface area contributed by atoms with Crippen molar-refractivity contribution in [2.75, 3.05) is 13.7 Å². The van der Waals surface area contributed by atoms with E-state index in [0.717, 1.165) is 11.1 Å². The fourth-order valence-corrected chi connectivity index (χ4v) is 1.79. The molecule has 2 atom stereocenters. The maximum absolute atomic E-state index is 11.0. The molecule has 0 aliphatic heterocycles. The van der Waals surface area contributed by atoms with Crippen LogP contribution in [0.5, 0.6) is 0 Å². The molecule has 0 aliphatic carbocycles. The van der Waals surface area contributed by atoms with E-state index < -0.39 is 6.10 Å². The molecule has 18 heavy (non-hydrogen) atoms. The third-order valence-electron chi connectivity index (χ3n) is 2.84. The highest BCUT2D eigenvalue weighted by atomic mass is 16.5. The third kappa shape index (κ3) is 4.47. The molecule has 2 N–H and O–H groups in total. The van der Waals surface area contributed by atoms with Crippen LogP contribution >= 0.6 is 0 Å². The van der Waals surface area contributed by atoms with Crippen molar-refractivity contribution in [3.05, 3.63) is 35.4 Å². The first-order valence-corrected chi connectivity index (χ1v) is 6.08. The topological polar surface area (TPSA) is 58.6 Å². The van der Waals surface area contributed by atoms with Gasteiger partial charge in [0, 0.05) is 27.1 Å². The van der Waals surface area contributed by atoms with E-state index in [-0.39, 0.29) is 11.9 Å². The number of nitrogens with one attached hydrogen (secondary N) is 1. The summed E-state index contributed by atoms with van der Waals surface area (Å²) in [6, 6.07) is 7.59. The van der Waals surface area contributed by atoms with Crippen LogP contribution in [0, 0.1) is 0 Å². The number of methoxy groups -OCH3 is 1. The molecule has 1 aromatic carbocycles. The Morgan fingerprint density at radius 3 is 2.39 bits per heavy atom. The van der Waals surface area contributed by atoms with Gasteiger partial charge in [-0.25, -0.2) is 0 Å². The van der Waals surface area contributed by atoms with Crippen molar-refractivity contribution in [3.63, 3.8) is 0 Å². The summed E-state index contributed by atoms with van der Waals surface area (Å²) in [7, 11) is 1.62. The fourth-order valence-electron chi connectivity index (χ4n) is 1.79. The van der Waals surface area contributed by atoms with Crippen LogP contribution in [0.25, 0.3) is 0 Å². The summed E-state index contributed by atoms with van der Waals surface area (Å²) in [6.07, 6.45) is 0.0759. The van der Waals surface area contributed by atoms with Gasteiger partial charge in [0.05, 0.1) is 12.1 Å². The van der Waals surface area contributed by atoms with Gasteiger partial charge in [0.25, 0.3) is 0 Å². The standard InChI is InChI=1S/C14H21NO3/c1-10(15-11(2)16)12-4-6-13(7-5-12)14(17)8-9-18-3/h4-7,10,14,17H,8-9H2,1-3H3,(H,15,16)/t10-,14?/m0/s1. The molecule has 1 aromatic rings. The molecule has 1 amide bonds. The average molecular weight is 251 g/mol. The van der Waals surface area contributed by atoms with E-state index in [2.05, 4.69) is 5.32 Å². The molecule has 1 unspecified atom stereocenters. The fraction of sp³-hybridized carbons (Fsp3) is 0.500. The zero-order valence-corrected chi connectivity index (χ0v) is 11.1. The molecule has 0 aliphatic rings. The van der Waals surface area contributed by atoms with Gasteiger partial charge < -0.3 is 15.2 Å². The molecule has 4 nitrogen and oxygen atoms in total. The Bertz CT molecular complexity index is 375. The summed E-state index contributed by atoms with van der Waals surface area (Å²) >= 11 is 0. The van der Waals surface area contributed by atoms with Gasteiger partial charge in [-0.2, -0.15) is 0 Å². The van der Waals surface area contributed by atoms with Crippen LogP contribution in [0.15, 0.2) is 24.3 Å². The first-order valence-electron chi connectivity index (χ1n) is 6.08. The number of hydrogen-bond donors (Lipinski definition) is 2. The highest BCUT2D eigenvalue weighted by molar-refractivity contribution is 5.73. The lowest BCUT2D eigenvalue weighted by molar-refractivity contribution is -0.119. The molecule has 1 rings (SSSR count). The van der Waals surface area contributed by atoms with Crippen LogP contribution in [-0.2, 0) is 9.53 Å². The highest BCUT2D eigenvalue weighted by Gasteiger charge is 2.09. The normalized spacial score (nSPS) is 14.0. The maximum Gasteiger partial charge on any atom is 0.217 e. The average Bonchev–Trinajstić information content (AvgIpc) is 2.35. The van der Waals surface area contributed by atoms with E-state index in [1.54, 1.807) is 7.11 Å². The lowest BCUT2D eigenvalue weighted by Gasteiger charge is -2.15. The maximum atomic E-state index is 11.0. The number of carbonyl (C=O) groups excluding carboxylic acids is 1. The minimum Gasteiger partial charge on any atom is -0.388 e. The first kappa shape index (κ1) is 14.7. The second kappa shape index (κ2) is 7.13. The monoisotopic (exact) mass is 251 g/mol. The van der Waals surface area contributed by atoms with Gasteiger partial charge in [-0.3, -0.25) is 4.79 Å². The Balaban J connectivity index is 2.64. The van der Waals surface area contributed by atoms with E-state index in [1.807, 2.05) is 31.2 Å². The minimum absolute atomic E-state index is 0.0207. The summed E-state index contributed by atoms with van der Waals surface area (Å²) in [6.45, 7) is 3.96. The number of hydrogen-bond acceptors (Lipinski definition) is 3. The van der Waals surface area contributed by atoms with Crippen LogP contribution in [0.4, 0.5) is 0 Å². The summed E-state index contributed by atoms with van der Waals surface area (Å²) in [5, 5.41) is 12.7. The van der Waals surface area contributed by atoms with Gasteiger partial charge in [0.2, 0.25) is 5.91 Å². The summed E-state index contributed by atoms with van der Waals surface area (Å²) in [4.78, 5) is 11.0. The Labute approximate surface area is 108 Å². The third-order valence-corrected chi connectivity index (χ3v) is 2.84. The zero-order chi connectivity index (χ0) is 13.5. The number of amides is 1. The number of ether oxygens (including phenoxy) is 1. The van der Waals surface area contributed by atoms with E-state index in [4.69, 9.17) is 4.74 Å². The predicted octanol–water partition coefficient (Wildman–Crippen LogP) is 1.95. The Kier molecular flexibility index (Phi) is 5.82. The van der Waals surface area contributed by atoms with Gasteiger partial charge in [0.1, 0.15) is 0 Å². The summed E-state index contributed by atoms with van der Waals surface area (Å²) in [5.74, 6) is -0.0493. The molecule has 0 aromatic heterocycles. The van der Waals surface area contributed by atoms with E-state index >= 15 is 0 Å². The number of aliphatic hydroxyl groups is 1. The Morgan fingerprint density at radius 1 is 1.33 bits per heavy atom. The largest absolute Gasteiger partial charge is 0.388 e. The number of carbonyl (C=O) groups is 1. The van der Waals surface area contributed by atoms with Crippen molar-refractivity contribution >= 4 is 5.91 Å². The molecular weight excluding hydrogens is 230 g/mol. The molecule has 0 radical (unpaired) electrons. The molecule has 0 heterocycles. The van der Waals surface area contributed by atoms with Crippen LogP contribution in [0.3, 0.4) is 0 Å². The highest BCUT2D eigenvalue weighted by Crippen LogP contribution is 2.19. The van der Waals surface area contributed by atoms with Gasteiger partial charge in [-0.1, -0.05) is 24.3 Å². The van der Waals surface area contributed by atoms with Gasteiger partial charge in [-0.05, 0) is 18.1 Å². The minimum atomic E-state index is -0.505. The quantitative estimate of drug-likeness (QED) is 0.812. The van der Waals surface area contributed by atoms with Crippen molar-refractivity contribution in [1.29, 1.82) is 0 Å². The predicted molar refractivity (Wildman–Crippen MR) is 70.1 cm³/mol. The molecule has 0 spiro atoms. The molecule has 0 fully saturated rings. The SMILES string of the molecule is COCCC(O)c1ccc([C@H](C)NC(C)=O)cc1. The van der Waals surface area contributed by atoms with E-state index in [9.17, 15) is 9.90 Å². The van der Waals surface area contributed by atoms with E-state index in [1.165, 1.54) is 6.92 Å². The van der Waals surface area contributed by atoms with Crippen molar-refractivity contribution in [1.82, 2.24) is 5.32 Å². The molecule has 0 saturated heterocycles. The summed E-state index contributed by atoms with van der Waals surface area (Å²) < 4.78 is 4.93. The second-order valence-corrected chi connectivity index (χ2v) is 4.39. The smallest absolute Gasteiger partial charge is 0.217 e. The number of rotatable bonds is 6. The van der Waals surface area contributed by atoms with Gasteiger partial charge in [0.15, 0.2) is 0 Å². The van der Waals surface area contributed by atoms with Crippen molar-refractivity contribution in [2.24, 2.45) is 0 Å². The lowest BCUT2D eigenvalue weighted by atomic mass is 10.0. The Morgan fingerprint density at radius 2 is 1.89 bits per heavy atom. The molecular formula is C14H21NO3. The Hall–Kier alpha value is -1.39. The van der Waals surface area contributed by atoms with E-state index in [0.29, 0.717) is 13.0 Å². The van der Waals surface area contributed by atoms with Gasteiger partial charge >= 0.3 is 0 Å². The van der Waals surface area contributed by atoms with Crippen molar-refractivity contribution < 1.29 is 14.6 Å². The van der Waals surface area contributed by atoms with Crippen LogP contribution in [0.2, 0.25) is 0 Å². The molecule has 4 heteroatoms. The van der Waals surface area contributed by atoms with Gasteiger partial charge in [-0.15, -0.1) is 0 Å². The first-order chi connectivity index (χ1) is 8.54. The second-order valence-electron chi connectivity index (χ2n) is 4.39. The summed E-state index contributed by atoms with van der Waals surface area (Å²) in [5.41, 5.74) is 1.89. The molecule has 0 saturated carbocycles. The zero-order valence-electron chi connectivity index (χ0n) is 11.1. The van der Waals surface area contributed by atoms with Crippen molar-refractivity contribution in [2.45, 2.75) is 32.4 Å². The van der Waals surface area contributed by atoms with Crippen molar-refractivity contribution in [3.8, 4) is 0 Å².